The van der Waals surface area contributed by atoms with Gasteiger partial charge in [0.2, 0.25) is 10.0 Å². The standard InChI is InChI=1S/C29H41N5O5S/c1-31(2)40(37,38)29-26(34-16-14-33(15-17-34)24-10-11-24)8-5-9-27(29)39-21-28(36)30-18-25(35)20-32-13-12-22-6-3-4-7-23(22)19-32/h3-9,24-25,35H,10-21H2,1-2H3,(H,30,36)/t25-/m1/s1. The van der Waals surface area contributed by atoms with Crippen LogP contribution in [0.5, 0.6) is 5.75 Å². The average molecular weight is 572 g/mol. The molecule has 0 bridgehead atoms. The van der Waals surface area contributed by atoms with Gasteiger partial charge in [0.15, 0.2) is 6.61 Å². The van der Waals surface area contributed by atoms with Crippen LogP contribution >= 0.6 is 0 Å². The summed E-state index contributed by atoms with van der Waals surface area (Å²) in [5, 5.41) is 13.3. The lowest BCUT2D eigenvalue weighted by Gasteiger charge is -2.37. The van der Waals surface area contributed by atoms with Gasteiger partial charge >= 0.3 is 0 Å². The van der Waals surface area contributed by atoms with Gasteiger partial charge in [-0.05, 0) is 42.5 Å². The predicted octanol–water partition coefficient (Wildman–Crippen LogP) is 1.14. The van der Waals surface area contributed by atoms with Crippen molar-refractivity contribution in [1.82, 2.24) is 19.4 Å². The number of carbonyl (C=O) groups excluding carboxylic acids is 1. The van der Waals surface area contributed by atoms with E-state index in [1.54, 1.807) is 12.1 Å². The summed E-state index contributed by atoms with van der Waals surface area (Å²) in [6.07, 6.45) is 2.71. The number of hydrogen-bond acceptors (Lipinski definition) is 8. The molecule has 2 fully saturated rings. The van der Waals surface area contributed by atoms with Crippen molar-refractivity contribution in [3.8, 4) is 5.75 Å². The van der Waals surface area contributed by atoms with Crippen molar-refractivity contribution in [2.24, 2.45) is 0 Å². The van der Waals surface area contributed by atoms with Gasteiger partial charge in [0, 0.05) is 72.5 Å². The van der Waals surface area contributed by atoms with E-state index in [1.807, 2.05) is 18.2 Å². The van der Waals surface area contributed by atoms with Gasteiger partial charge in [-0.2, -0.15) is 0 Å². The fraction of sp³-hybridized carbons (Fsp3) is 0.552. The first-order chi connectivity index (χ1) is 19.2. The zero-order valence-corrected chi connectivity index (χ0v) is 24.3. The Bertz CT molecular complexity index is 1290. The van der Waals surface area contributed by atoms with Crippen molar-refractivity contribution < 1.29 is 23.1 Å². The normalized spacial score (nSPS) is 19.4. The molecule has 3 aliphatic rings. The summed E-state index contributed by atoms with van der Waals surface area (Å²) in [7, 11) is -0.848. The molecule has 218 valence electrons. The second kappa shape index (κ2) is 12.4. The molecule has 1 amide bonds. The topological polar surface area (TPSA) is 106 Å². The summed E-state index contributed by atoms with van der Waals surface area (Å²) in [6, 6.07) is 14.2. The van der Waals surface area contributed by atoms with E-state index >= 15 is 0 Å². The van der Waals surface area contributed by atoms with E-state index in [-0.39, 0.29) is 23.8 Å². The SMILES string of the molecule is CN(C)S(=O)(=O)c1c(OCC(=O)NC[C@@H](O)CN2CCc3ccccc3C2)cccc1N1CCN(C2CC2)CC1. The first-order valence-electron chi connectivity index (χ1n) is 14.1. The Hall–Kier alpha value is -2.70. The van der Waals surface area contributed by atoms with Gasteiger partial charge in [0.1, 0.15) is 10.6 Å². The number of β-amino-alcohol motifs (C(OH)–C–C–N with tert-alkyl or cyclic N) is 1. The number of ether oxygens (including phenoxy) is 1. The summed E-state index contributed by atoms with van der Waals surface area (Å²) in [5.41, 5.74) is 3.22. The molecule has 2 aliphatic heterocycles. The molecule has 2 heterocycles. The van der Waals surface area contributed by atoms with Crippen LogP contribution < -0.4 is 15.0 Å². The van der Waals surface area contributed by atoms with Gasteiger partial charge in [-0.25, -0.2) is 12.7 Å². The lowest BCUT2D eigenvalue weighted by atomic mass is 10.00. The number of aliphatic hydroxyl groups is 1. The molecule has 40 heavy (non-hydrogen) atoms. The molecule has 2 N–H and O–H groups in total. The van der Waals surface area contributed by atoms with E-state index in [4.69, 9.17) is 4.74 Å². The molecule has 0 unspecified atom stereocenters. The smallest absolute Gasteiger partial charge is 0.258 e. The molecule has 1 saturated carbocycles. The first-order valence-corrected chi connectivity index (χ1v) is 15.6. The van der Waals surface area contributed by atoms with Gasteiger partial charge in [-0.15, -0.1) is 0 Å². The molecule has 11 heteroatoms. The van der Waals surface area contributed by atoms with Gasteiger partial charge in [0.05, 0.1) is 11.8 Å². The number of benzene rings is 2. The van der Waals surface area contributed by atoms with Crippen LogP contribution in [0.3, 0.4) is 0 Å². The molecule has 0 aromatic heterocycles. The van der Waals surface area contributed by atoms with E-state index in [0.29, 0.717) is 18.3 Å². The van der Waals surface area contributed by atoms with Crippen LogP contribution in [0.25, 0.3) is 0 Å². The Morgan fingerprint density at radius 3 is 2.48 bits per heavy atom. The number of nitrogens with zero attached hydrogens (tertiary/aromatic N) is 4. The predicted molar refractivity (Wildman–Crippen MR) is 154 cm³/mol. The summed E-state index contributed by atoms with van der Waals surface area (Å²) in [6.45, 7) is 5.09. The average Bonchev–Trinajstić information content (AvgIpc) is 3.80. The second-order valence-electron chi connectivity index (χ2n) is 11.1. The minimum Gasteiger partial charge on any atom is -0.482 e. The Kier molecular flexibility index (Phi) is 8.96. The highest BCUT2D eigenvalue weighted by molar-refractivity contribution is 7.89. The van der Waals surface area contributed by atoms with Crippen LogP contribution in [0.15, 0.2) is 47.4 Å². The van der Waals surface area contributed by atoms with Crippen molar-refractivity contribution >= 4 is 21.6 Å². The zero-order valence-electron chi connectivity index (χ0n) is 23.5. The maximum absolute atomic E-state index is 13.4. The molecule has 2 aromatic rings. The summed E-state index contributed by atoms with van der Waals surface area (Å²) in [5.74, 6) is -0.266. The number of fused-ring (bicyclic) bond motifs is 1. The Morgan fingerprint density at radius 1 is 1.05 bits per heavy atom. The minimum atomic E-state index is -3.84. The molecule has 1 aliphatic carbocycles. The number of piperazine rings is 1. The van der Waals surface area contributed by atoms with Crippen molar-refractivity contribution in [1.29, 1.82) is 0 Å². The number of hydrogen-bond donors (Lipinski definition) is 2. The summed E-state index contributed by atoms with van der Waals surface area (Å²) >= 11 is 0. The van der Waals surface area contributed by atoms with Crippen molar-refractivity contribution in [3.63, 3.8) is 0 Å². The van der Waals surface area contributed by atoms with Gasteiger partial charge in [0.25, 0.3) is 5.91 Å². The van der Waals surface area contributed by atoms with E-state index in [1.165, 1.54) is 42.4 Å². The van der Waals surface area contributed by atoms with Crippen molar-refractivity contribution in [2.45, 2.75) is 42.8 Å². The third-order valence-electron chi connectivity index (χ3n) is 7.99. The van der Waals surface area contributed by atoms with Crippen molar-refractivity contribution in [3.05, 3.63) is 53.6 Å². The van der Waals surface area contributed by atoms with Crippen LogP contribution in [-0.2, 0) is 27.8 Å². The first kappa shape index (κ1) is 28.8. The number of sulfonamides is 1. The van der Waals surface area contributed by atoms with E-state index in [2.05, 4.69) is 32.1 Å². The number of amides is 1. The molecule has 0 spiro atoms. The third-order valence-corrected chi connectivity index (χ3v) is 9.87. The molecule has 0 radical (unpaired) electrons. The number of rotatable bonds is 11. The maximum atomic E-state index is 13.4. The Morgan fingerprint density at radius 2 is 1.77 bits per heavy atom. The fourth-order valence-electron chi connectivity index (χ4n) is 5.57. The van der Waals surface area contributed by atoms with Crippen LogP contribution in [0.1, 0.15) is 24.0 Å². The van der Waals surface area contributed by atoms with Crippen LogP contribution in [-0.4, -0.2) is 112 Å². The largest absolute Gasteiger partial charge is 0.482 e. The van der Waals surface area contributed by atoms with Crippen molar-refractivity contribution in [2.75, 3.05) is 71.4 Å². The van der Waals surface area contributed by atoms with E-state index < -0.39 is 22.0 Å². The highest BCUT2D eigenvalue weighted by Gasteiger charge is 2.34. The number of carbonyl (C=O) groups is 1. The minimum absolute atomic E-state index is 0.0816. The van der Waals surface area contributed by atoms with Gasteiger partial charge in [-0.1, -0.05) is 30.3 Å². The van der Waals surface area contributed by atoms with Crippen LogP contribution in [0.2, 0.25) is 0 Å². The number of nitrogens with one attached hydrogen (secondary N) is 1. The van der Waals surface area contributed by atoms with Gasteiger partial charge < -0.3 is 20.1 Å². The number of aliphatic hydroxyl groups excluding tert-OH is 1. The molecule has 2 aromatic carbocycles. The highest BCUT2D eigenvalue weighted by atomic mass is 32.2. The Labute approximate surface area is 237 Å². The molecule has 5 rings (SSSR count). The van der Waals surface area contributed by atoms with E-state index in [9.17, 15) is 18.3 Å². The lowest BCUT2D eigenvalue weighted by Crippen LogP contribution is -2.47. The molecular formula is C29H41N5O5S. The fourth-order valence-corrected chi connectivity index (χ4v) is 6.78. The highest BCUT2D eigenvalue weighted by Crippen LogP contribution is 2.37. The van der Waals surface area contributed by atoms with Crippen LogP contribution in [0, 0.1) is 0 Å². The molecule has 1 atom stereocenters. The maximum Gasteiger partial charge on any atom is 0.258 e. The quantitative estimate of drug-likeness (QED) is 0.414. The lowest BCUT2D eigenvalue weighted by molar-refractivity contribution is -0.123. The van der Waals surface area contributed by atoms with E-state index in [0.717, 1.165) is 45.7 Å². The zero-order chi connectivity index (χ0) is 28.3. The molecular weight excluding hydrogens is 530 g/mol. The second-order valence-corrected chi connectivity index (χ2v) is 13.2. The summed E-state index contributed by atoms with van der Waals surface area (Å²) in [4.78, 5) is 19.5. The van der Waals surface area contributed by atoms with Gasteiger partial charge in [-0.3, -0.25) is 14.6 Å². The number of anilines is 1. The third kappa shape index (κ3) is 6.77. The summed E-state index contributed by atoms with van der Waals surface area (Å²) < 4.78 is 33.8. The molecule has 10 nitrogen and oxygen atoms in total. The van der Waals surface area contributed by atoms with Crippen LogP contribution in [0.4, 0.5) is 5.69 Å². The molecule has 1 saturated heterocycles. The monoisotopic (exact) mass is 571 g/mol. The Balaban J connectivity index is 1.18.